The number of thioether (sulfide) groups is 1. The molecule has 1 aromatic rings. The molecule has 2 unspecified atom stereocenters. The van der Waals surface area contributed by atoms with Crippen LogP contribution in [0, 0.1) is 5.92 Å². The van der Waals surface area contributed by atoms with Crippen LogP contribution in [0.2, 0.25) is 5.02 Å². The van der Waals surface area contributed by atoms with Gasteiger partial charge >= 0.3 is 6.03 Å². The number of urea groups is 1. The van der Waals surface area contributed by atoms with Gasteiger partial charge in [0.15, 0.2) is 0 Å². The second-order valence-corrected chi connectivity index (χ2v) is 8.81. The summed E-state index contributed by atoms with van der Waals surface area (Å²) in [6.45, 7) is 8.22. The highest BCUT2D eigenvalue weighted by atomic mass is 35.5. The van der Waals surface area contributed by atoms with Crippen molar-refractivity contribution in [3.8, 4) is 0 Å². The van der Waals surface area contributed by atoms with E-state index in [0.29, 0.717) is 10.7 Å². The van der Waals surface area contributed by atoms with Crippen molar-refractivity contribution in [2.75, 3.05) is 4.90 Å². The number of carbonyl (C=O) groups excluding carboxylic acids is 2. The zero-order chi connectivity index (χ0) is 16.2. The topological polar surface area (TPSA) is 40.6 Å². The van der Waals surface area contributed by atoms with Crippen molar-refractivity contribution in [1.82, 2.24) is 4.90 Å². The Hall–Kier alpha value is -1.20. The van der Waals surface area contributed by atoms with Gasteiger partial charge in [-0.3, -0.25) is 9.69 Å². The monoisotopic (exact) mass is 338 g/mol. The Bertz CT molecular complexity index is 647. The number of halogens is 1. The summed E-state index contributed by atoms with van der Waals surface area (Å²) in [7, 11) is 0. The highest BCUT2D eigenvalue weighted by Crippen LogP contribution is 2.50. The van der Waals surface area contributed by atoms with Crippen molar-refractivity contribution in [2.24, 2.45) is 5.92 Å². The minimum atomic E-state index is -0.420. The molecule has 3 amide bonds. The summed E-state index contributed by atoms with van der Waals surface area (Å²) in [4.78, 5) is 28.8. The lowest BCUT2D eigenvalue weighted by Gasteiger charge is -2.25. The Labute approximate surface area is 139 Å². The van der Waals surface area contributed by atoms with Crippen molar-refractivity contribution in [2.45, 2.75) is 43.9 Å². The Kier molecular flexibility index (Phi) is 3.68. The molecule has 0 radical (unpaired) electrons. The van der Waals surface area contributed by atoms with E-state index in [-0.39, 0.29) is 28.0 Å². The molecule has 2 fully saturated rings. The van der Waals surface area contributed by atoms with Crippen LogP contribution in [0.15, 0.2) is 24.3 Å². The number of amides is 3. The zero-order valence-corrected chi connectivity index (χ0v) is 14.6. The first kappa shape index (κ1) is 15.7. The second kappa shape index (κ2) is 5.17. The lowest BCUT2D eigenvalue weighted by Crippen LogP contribution is -2.43. The van der Waals surface area contributed by atoms with Crippen molar-refractivity contribution in [1.29, 1.82) is 0 Å². The Morgan fingerprint density at radius 3 is 2.55 bits per heavy atom. The van der Waals surface area contributed by atoms with Gasteiger partial charge in [0.25, 0.3) is 5.91 Å². The number of carbonyl (C=O) groups is 2. The van der Waals surface area contributed by atoms with Crippen LogP contribution in [0.1, 0.15) is 27.7 Å². The number of rotatable bonds is 2. The van der Waals surface area contributed by atoms with Gasteiger partial charge in [-0.25, -0.2) is 9.69 Å². The zero-order valence-electron chi connectivity index (χ0n) is 13.0. The molecule has 2 aliphatic rings. The first-order chi connectivity index (χ1) is 10.2. The Morgan fingerprint density at radius 1 is 1.27 bits per heavy atom. The van der Waals surface area contributed by atoms with Gasteiger partial charge in [0, 0.05) is 9.77 Å². The van der Waals surface area contributed by atoms with E-state index in [4.69, 9.17) is 11.6 Å². The van der Waals surface area contributed by atoms with Gasteiger partial charge in [-0.1, -0.05) is 31.5 Å². The van der Waals surface area contributed by atoms with Gasteiger partial charge in [-0.15, -0.1) is 11.8 Å². The van der Waals surface area contributed by atoms with Crippen molar-refractivity contribution in [3.05, 3.63) is 29.3 Å². The molecule has 3 rings (SSSR count). The first-order valence-corrected chi connectivity index (χ1v) is 8.59. The molecule has 0 aliphatic carbocycles. The highest BCUT2D eigenvalue weighted by molar-refractivity contribution is 8.01. The molecule has 0 saturated carbocycles. The number of benzene rings is 1. The molecule has 2 atom stereocenters. The quantitative estimate of drug-likeness (QED) is 0.766. The number of anilines is 1. The van der Waals surface area contributed by atoms with E-state index < -0.39 is 6.04 Å². The maximum Gasteiger partial charge on any atom is 0.333 e. The van der Waals surface area contributed by atoms with Crippen molar-refractivity contribution in [3.63, 3.8) is 0 Å². The molecule has 0 spiro atoms. The lowest BCUT2D eigenvalue weighted by molar-refractivity contribution is -0.120. The van der Waals surface area contributed by atoms with E-state index in [9.17, 15) is 9.59 Å². The normalized spacial score (nSPS) is 27.0. The van der Waals surface area contributed by atoms with Gasteiger partial charge in [0.1, 0.15) is 6.04 Å². The van der Waals surface area contributed by atoms with Crippen LogP contribution < -0.4 is 4.90 Å². The molecule has 0 aromatic heterocycles. The minimum absolute atomic E-state index is 0.0145. The molecule has 2 saturated heterocycles. The standard InChI is InChI=1S/C16H19ClN2O2S/c1-9(2)14-19-12(16(3,4)22-14)13(20)18(15(19)21)11-7-5-6-10(17)8-11/h5-9,12,14H,1-4H3. The first-order valence-electron chi connectivity index (χ1n) is 7.33. The van der Waals surface area contributed by atoms with Crippen molar-refractivity contribution < 1.29 is 9.59 Å². The summed E-state index contributed by atoms with van der Waals surface area (Å²) >= 11 is 7.71. The molecular formula is C16H19ClN2O2S. The van der Waals surface area contributed by atoms with E-state index in [0.717, 1.165) is 0 Å². The molecule has 6 heteroatoms. The van der Waals surface area contributed by atoms with Crippen LogP contribution in [-0.2, 0) is 4.79 Å². The van der Waals surface area contributed by atoms with Crippen molar-refractivity contribution >= 4 is 41.0 Å². The predicted molar refractivity (Wildman–Crippen MR) is 90.3 cm³/mol. The summed E-state index contributed by atoms with van der Waals surface area (Å²) in [6, 6.07) is 6.22. The van der Waals surface area contributed by atoms with Gasteiger partial charge in [-0.2, -0.15) is 0 Å². The molecule has 0 N–H and O–H groups in total. The second-order valence-electron chi connectivity index (χ2n) is 6.60. The molecule has 1 aromatic carbocycles. The summed E-state index contributed by atoms with van der Waals surface area (Å²) in [5, 5.41) is 0.528. The fraction of sp³-hybridized carbons (Fsp3) is 0.500. The third-order valence-corrected chi connectivity index (χ3v) is 6.22. The lowest BCUT2D eigenvalue weighted by atomic mass is 10.0. The average Bonchev–Trinajstić information content (AvgIpc) is 2.84. The maximum atomic E-state index is 12.9. The molecule has 22 heavy (non-hydrogen) atoms. The number of fused-ring (bicyclic) bond motifs is 1. The molecule has 2 heterocycles. The number of imide groups is 1. The van der Waals surface area contributed by atoms with Gasteiger partial charge in [0.05, 0.1) is 11.1 Å². The Balaban J connectivity index is 2.04. The molecule has 118 valence electrons. The summed E-state index contributed by atoms with van der Waals surface area (Å²) < 4.78 is -0.297. The van der Waals surface area contributed by atoms with E-state index in [2.05, 4.69) is 13.8 Å². The van der Waals surface area contributed by atoms with Crippen LogP contribution >= 0.6 is 23.4 Å². The highest BCUT2D eigenvalue weighted by Gasteiger charge is 2.61. The van der Waals surface area contributed by atoms with Crippen LogP contribution in [0.5, 0.6) is 0 Å². The van der Waals surface area contributed by atoms with E-state index in [1.54, 1.807) is 40.9 Å². The average molecular weight is 339 g/mol. The van der Waals surface area contributed by atoms with Crippen LogP contribution in [0.25, 0.3) is 0 Å². The maximum absolute atomic E-state index is 12.9. The van der Waals surface area contributed by atoms with Gasteiger partial charge < -0.3 is 0 Å². The summed E-state index contributed by atoms with van der Waals surface area (Å²) in [5.74, 6) is 0.123. The predicted octanol–water partition coefficient (Wildman–Crippen LogP) is 3.98. The molecule has 2 aliphatic heterocycles. The molecule has 4 nitrogen and oxygen atoms in total. The van der Waals surface area contributed by atoms with E-state index in [1.807, 2.05) is 13.8 Å². The largest absolute Gasteiger partial charge is 0.333 e. The van der Waals surface area contributed by atoms with Gasteiger partial charge in [-0.05, 0) is 38.0 Å². The van der Waals surface area contributed by atoms with Gasteiger partial charge in [0.2, 0.25) is 0 Å². The summed E-state index contributed by atoms with van der Waals surface area (Å²) in [5.41, 5.74) is 0.542. The SMILES string of the molecule is CC(C)C1SC(C)(C)C2C(=O)N(c3cccc(Cl)c3)C(=O)N12. The van der Waals surface area contributed by atoms with Crippen LogP contribution in [0.3, 0.4) is 0 Å². The number of hydrogen-bond donors (Lipinski definition) is 0. The number of nitrogens with zero attached hydrogens (tertiary/aromatic N) is 2. The number of hydrogen-bond acceptors (Lipinski definition) is 3. The third kappa shape index (κ3) is 2.22. The van der Waals surface area contributed by atoms with E-state index in [1.165, 1.54) is 4.90 Å². The molecule has 0 bridgehead atoms. The third-order valence-electron chi connectivity index (χ3n) is 4.14. The van der Waals surface area contributed by atoms with Crippen LogP contribution in [-0.4, -0.2) is 33.0 Å². The smallest absolute Gasteiger partial charge is 0.298 e. The fourth-order valence-corrected chi connectivity index (χ4v) is 4.94. The molecular weight excluding hydrogens is 320 g/mol. The summed E-state index contributed by atoms with van der Waals surface area (Å²) in [6.07, 6.45) is 0. The fourth-order valence-electron chi connectivity index (χ4n) is 3.19. The van der Waals surface area contributed by atoms with Crippen LogP contribution in [0.4, 0.5) is 10.5 Å². The van der Waals surface area contributed by atoms with E-state index >= 15 is 0 Å². The Morgan fingerprint density at radius 2 is 1.95 bits per heavy atom. The minimum Gasteiger partial charge on any atom is -0.298 e.